The van der Waals surface area contributed by atoms with Gasteiger partial charge in [-0.15, -0.1) is 11.3 Å². The van der Waals surface area contributed by atoms with Gasteiger partial charge in [-0.25, -0.2) is 0 Å². The first-order valence-electron chi connectivity index (χ1n) is 6.25. The molecule has 0 fully saturated rings. The van der Waals surface area contributed by atoms with Crippen molar-refractivity contribution in [3.8, 4) is 5.75 Å². The van der Waals surface area contributed by atoms with Crippen LogP contribution in [0.4, 0.5) is 0 Å². The molecule has 1 unspecified atom stereocenters. The Kier molecular flexibility index (Phi) is 4.22. The molecule has 1 atom stereocenters. The number of methoxy groups -OCH3 is 1. The minimum absolute atomic E-state index is 0.501. The number of hydrogen-bond donors (Lipinski definition) is 1. The molecule has 0 amide bonds. The molecular weight excluding hydrogens is 258 g/mol. The molecule has 1 N–H and O–H groups in total. The summed E-state index contributed by atoms with van der Waals surface area (Å²) in [4.78, 5) is 5.45. The lowest BCUT2D eigenvalue weighted by molar-refractivity contribution is 0.180. The SMILES string of the molecule is COc1c(C)cnc(CC(O)c2sccc2C)c1C. The summed E-state index contributed by atoms with van der Waals surface area (Å²) in [6, 6.07) is 2.03. The van der Waals surface area contributed by atoms with E-state index in [0.29, 0.717) is 6.42 Å². The first-order chi connectivity index (χ1) is 9.04. The van der Waals surface area contributed by atoms with Crippen LogP contribution in [0.15, 0.2) is 17.6 Å². The van der Waals surface area contributed by atoms with E-state index >= 15 is 0 Å². The monoisotopic (exact) mass is 277 g/mol. The van der Waals surface area contributed by atoms with E-state index in [1.165, 1.54) is 0 Å². The summed E-state index contributed by atoms with van der Waals surface area (Å²) >= 11 is 1.59. The van der Waals surface area contributed by atoms with Gasteiger partial charge < -0.3 is 9.84 Å². The summed E-state index contributed by atoms with van der Waals surface area (Å²) in [6.07, 6.45) is 1.82. The summed E-state index contributed by atoms with van der Waals surface area (Å²) in [5, 5.41) is 12.3. The third kappa shape index (κ3) is 2.80. The number of hydrogen-bond acceptors (Lipinski definition) is 4. The summed E-state index contributed by atoms with van der Waals surface area (Å²) in [6.45, 7) is 5.98. The highest BCUT2D eigenvalue weighted by Gasteiger charge is 2.17. The van der Waals surface area contributed by atoms with Crippen molar-refractivity contribution in [2.45, 2.75) is 33.3 Å². The molecule has 2 rings (SSSR count). The normalized spacial score (nSPS) is 12.5. The predicted octanol–water partition coefficient (Wildman–Crippen LogP) is 3.35. The van der Waals surface area contributed by atoms with Gasteiger partial charge in [-0.1, -0.05) is 0 Å². The van der Waals surface area contributed by atoms with Crippen LogP contribution in [0.1, 0.15) is 33.4 Å². The molecule has 0 bridgehead atoms. The lowest BCUT2D eigenvalue weighted by Gasteiger charge is -2.15. The van der Waals surface area contributed by atoms with Crippen molar-refractivity contribution in [1.82, 2.24) is 4.98 Å². The molecular formula is C15H19NO2S. The summed E-state index contributed by atoms with van der Waals surface area (Å²) in [5.74, 6) is 0.861. The number of aromatic nitrogens is 1. The van der Waals surface area contributed by atoms with Crippen LogP contribution in [0.5, 0.6) is 5.75 Å². The van der Waals surface area contributed by atoms with Gasteiger partial charge in [0, 0.05) is 34.3 Å². The maximum absolute atomic E-state index is 10.3. The molecule has 0 spiro atoms. The Morgan fingerprint density at radius 3 is 2.63 bits per heavy atom. The van der Waals surface area contributed by atoms with Crippen molar-refractivity contribution in [2.24, 2.45) is 0 Å². The Morgan fingerprint density at radius 2 is 2.05 bits per heavy atom. The average molecular weight is 277 g/mol. The fourth-order valence-corrected chi connectivity index (χ4v) is 3.19. The van der Waals surface area contributed by atoms with Crippen molar-refractivity contribution in [3.05, 3.63) is 44.9 Å². The van der Waals surface area contributed by atoms with Crippen molar-refractivity contribution in [1.29, 1.82) is 0 Å². The zero-order chi connectivity index (χ0) is 14.0. The molecule has 0 saturated heterocycles. The van der Waals surface area contributed by atoms with E-state index in [0.717, 1.165) is 33.0 Å². The number of pyridine rings is 1. The molecule has 0 radical (unpaired) electrons. The van der Waals surface area contributed by atoms with Crippen LogP contribution in [-0.4, -0.2) is 17.2 Å². The van der Waals surface area contributed by atoms with Gasteiger partial charge in [0.15, 0.2) is 0 Å². The van der Waals surface area contributed by atoms with E-state index in [2.05, 4.69) is 4.98 Å². The number of rotatable bonds is 4. The summed E-state index contributed by atoms with van der Waals surface area (Å²) < 4.78 is 5.39. The van der Waals surface area contributed by atoms with Crippen LogP contribution >= 0.6 is 11.3 Å². The predicted molar refractivity (Wildman–Crippen MR) is 78.0 cm³/mol. The second-order valence-corrected chi connectivity index (χ2v) is 5.68. The van der Waals surface area contributed by atoms with Crippen molar-refractivity contribution < 1.29 is 9.84 Å². The second kappa shape index (κ2) is 5.72. The fraction of sp³-hybridized carbons (Fsp3) is 0.400. The van der Waals surface area contributed by atoms with Crippen LogP contribution in [0.3, 0.4) is 0 Å². The van der Waals surface area contributed by atoms with Gasteiger partial charge >= 0.3 is 0 Å². The molecule has 2 aromatic heterocycles. The third-order valence-corrected chi connectivity index (χ3v) is 4.46. The Morgan fingerprint density at radius 1 is 1.32 bits per heavy atom. The zero-order valence-corrected chi connectivity index (χ0v) is 12.5. The van der Waals surface area contributed by atoms with Gasteiger partial charge in [0.05, 0.1) is 13.2 Å². The number of aliphatic hydroxyl groups excluding tert-OH is 1. The highest BCUT2D eigenvalue weighted by molar-refractivity contribution is 7.10. The van der Waals surface area contributed by atoms with Crippen LogP contribution in [0, 0.1) is 20.8 Å². The Bertz CT molecular complexity index is 578. The lowest BCUT2D eigenvalue weighted by atomic mass is 10.0. The first kappa shape index (κ1) is 14.0. The molecule has 0 saturated carbocycles. The van der Waals surface area contributed by atoms with Gasteiger partial charge in [0.25, 0.3) is 0 Å². The molecule has 0 aromatic carbocycles. The van der Waals surface area contributed by atoms with Gasteiger partial charge in [-0.05, 0) is 37.8 Å². The van der Waals surface area contributed by atoms with Crippen LogP contribution in [0.2, 0.25) is 0 Å². The van der Waals surface area contributed by atoms with Gasteiger partial charge in [-0.2, -0.15) is 0 Å². The van der Waals surface area contributed by atoms with Crippen LogP contribution in [-0.2, 0) is 6.42 Å². The Balaban J connectivity index is 2.27. The van der Waals surface area contributed by atoms with Crippen molar-refractivity contribution in [3.63, 3.8) is 0 Å². The quantitative estimate of drug-likeness (QED) is 0.932. The third-order valence-electron chi connectivity index (χ3n) is 3.34. The number of nitrogens with zero attached hydrogens (tertiary/aromatic N) is 1. The highest BCUT2D eigenvalue weighted by atomic mass is 32.1. The molecule has 102 valence electrons. The molecule has 0 aliphatic heterocycles. The standard InChI is InChI=1S/C15H19NO2S/c1-9-5-6-19-15(9)13(17)7-12-11(3)14(18-4)10(2)8-16-12/h5-6,8,13,17H,7H2,1-4H3. The van der Waals surface area contributed by atoms with Crippen molar-refractivity contribution >= 4 is 11.3 Å². The number of aliphatic hydroxyl groups is 1. The minimum Gasteiger partial charge on any atom is -0.496 e. The minimum atomic E-state index is -0.501. The Labute approximate surface area is 117 Å². The van der Waals surface area contributed by atoms with E-state index in [1.807, 2.05) is 32.2 Å². The molecule has 0 aliphatic carbocycles. The topological polar surface area (TPSA) is 42.4 Å². The molecule has 3 nitrogen and oxygen atoms in total. The molecule has 0 aliphatic rings. The van der Waals surface area contributed by atoms with E-state index in [4.69, 9.17) is 4.74 Å². The molecule has 2 aromatic rings. The number of aryl methyl sites for hydroxylation is 2. The van der Waals surface area contributed by atoms with Crippen LogP contribution < -0.4 is 4.74 Å². The van der Waals surface area contributed by atoms with Gasteiger partial charge in [-0.3, -0.25) is 4.98 Å². The number of thiophene rings is 1. The van der Waals surface area contributed by atoms with E-state index in [9.17, 15) is 5.11 Å². The van der Waals surface area contributed by atoms with Gasteiger partial charge in [0.1, 0.15) is 5.75 Å². The molecule has 19 heavy (non-hydrogen) atoms. The van der Waals surface area contributed by atoms with Crippen molar-refractivity contribution in [2.75, 3.05) is 7.11 Å². The van der Waals surface area contributed by atoms with E-state index < -0.39 is 6.10 Å². The van der Waals surface area contributed by atoms with E-state index in [1.54, 1.807) is 24.6 Å². The highest BCUT2D eigenvalue weighted by Crippen LogP contribution is 2.30. The lowest BCUT2D eigenvalue weighted by Crippen LogP contribution is -2.06. The molecule has 2 heterocycles. The largest absolute Gasteiger partial charge is 0.496 e. The van der Waals surface area contributed by atoms with E-state index in [-0.39, 0.29) is 0 Å². The summed E-state index contributed by atoms with van der Waals surface area (Å²) in [5.41, 5.74) is 4.05. The number of ether oxygens (including phenoxy) is 1. The first-order valence-corrected chi connectivity index (χ1v) is 7.13. The Hall–Kier alpha value is -1.39. The fourth-order valence-electron chi connectivity index (χ4n) is 2.28. The smallest absolute Gasteiger partial charge is 0.128 e. The average Bonchev–Trinajstić information content (AvgIpc) is 2.80. The zero-order valence-electron chi connectivity index (χ0n) is 11.7. The summed E-state index contributed by atoms with van der Waals surface area (Å²) in [7, 11) is 1.67. The maximum Gasteiger partial charge on any atom is 0.128 e. The maximum atomic E-state index is 10.3. The second-order valence-electron chi connectivity index (χ2n) is 4.73. The molecule has 4 heteroatoms. The van der Waals surface area contributed by atoms with Gasteiger partial charge in [0.2, 0.25) is 0 Å². The van der Waals surface area contributed by atoms with Crippen LogP contribution in [0.25, 0.3) is 0 Å².